The van der Waals surface area contributed by atoms with Crippen LogP contribution in [0.5, 0.6) is 0 Å². The third-order valence-corrected chi connectivity index (χ3v) is 5.25. The summed E-state index contributed by atoms with van der Waals surface area (Å²) in [5.74, 6) is 1.08. The van der Waals surface area contributed by atoms with Crippen LogP contribution in [0.2, 0.25) is 0 Å². The third-order valence-electron chi connectivity index (χ3n) is 5.25. The summed E-state index contributed by atoms with van der Waals surface area (Å²) in [7, 11) is 4.23. The zero-order chi connectivity index (χ0) is 17.7. The van der Waals surface area contributed by atoms with E-state index >= 15 is 0 Å². The molecule has 1 saturated heterocycles. The van der Waals surface area contributed by atoms with Crippen molar-refractivity contribution in [2.75, 3.05) is 27.2 Å². The van der Waals surface area contributed by atoms with Crippen LogP contribution in [-0.4, -0.2) is 48.2 Å². The minimum atomic E-state index is -0.793. The van der Waals surface area contributed by atoms with E-state index in [1.165, 1.54) is 5.56 Å². The number of likely N-dealkylation sites (tertiary alicyclic amines) is 1. The SMILES string of the molecule is CC[C@@H](c1cccc(C2CCCCN2C(=O)O)c1)[C@@H](C)CN(C)C. The van der Waals surface area contributed by atoms with Crippen LogP contribution in [0.15, 0.2) is 24.3 Å². The van der Waals surface area contributed by atoms with Gasteiger partial charge < -0.3 is 14.9 Å². The van der Waals surface area contributed by atoms with Gasteiger partial charge in [-0.2, -0.15) is 0 Å². The van der Waals surface area contributed by atoms with Crippen molar-refractivity contribution in [3.8, 4) is 0 Å². The van der Waals surface area contributed by atoms with Gasteiger partial charge in [-0.1, -0.05) is 38.1 Å². The normalized spacial score (nSPS) is 20.9. The van der Waals surface area contributed by atoms with E-state index < -0.39 is 6.09 Å². The first-order valence-corrected chi connectivity index (χ1v) is 9.18. The molecule has 1 unspecified atom stereocenters. The Hall–Kier alpha value is -1.55. The Kier molecular flexibility index (Phi) is 6.67. The van der Waals surface area contributed by atoms with Gasteiger partial charge in [-0.15, -0.1) is 0 Å². The average molecular weight is 332 g/mol. The Balaban J connectivity index is 2.24. The molecular weight excluding hydrogens is 300 g/mol. The molecule has 0 bridgehead atoms. The quantitative estimate of drug-likeness (QED) is 0.829. The lowest BCUT2D eigenvalue weighted by molar-refractivity contribution is 0.106. The van der Waals surface area contributed by atoms with E-state index in [0.717, 1.165) is 37.8 Å². The molecule has 0 radical (unpaired) electrons. The number of carboxylic acid groups (broad SMARTS) is 1. The fraction of sp³-hybridized carbons (Fsp3) is 0.650. The molecule has 0 saturated carbocycles. The van der Waals surface area contributed by atoms with Gasteiger partial charge in [0.1, 0.15) is 0 Å². The monoisotopic (exact) mass is 332 g/mol. The smallest absolute Gasteiger partial charge is 0.407 e. The van der Waals surface area contributed by atoms with Crippen LogP contribution in [0.1, 0.15) is 62.6 Å². The van der Waals surface area contributed by atoms with Crippen molar-refractivity contribution in [1.29, 1.82) is 0 Å². The van der Waals surface area contributed by atoms with E-state index in [1.807, 2.05) is 0 Å². The molecule has 1 amide bonds. The maximum atomic E-state index is 11.6. The lowest BCUT2D eigenvalue weighted by atomic mass is 9.83. The van der Waals surface area contributed by atoms with Gasteiger partial charge in [0.25, 0.3) is 0 Å². The molecule has 1 aromatic rings. The van der Waals surface area contributed by atoms with E-state index in [2.05, 4.69) is 57.1 Å². The van der Waals surface area contributed by atoms with Crippen LogP contribution in [0, 0.1) is 5.92 Å². The summed E-state index contributed by atoms with van der Waals surface area (Å²) in [5, 5.41) is 9.50. The topological polar surface area (TPSA) is 43.8 Å². The summed E-state index contributed by atoms with van der Waals surface area (Å²) in [5.41, 5.74) is 2.50. The lowest BCUT2D eigenvalue weighted by Gasteiger charge is -2.34. The molecule has 1 fully saturated rings. The van der Waals surface area contributed by atoms with E-state index in [4.69, 9.17) is 0 Å². The molecule has 0 aliphatic carbocycles. The summed E-state index contributed by atoms with van der Waals surface area (Å²) in [6.07, 6.45) is 3.32. The number of piperidine rings is 1. The molecule has 1 aromatic carbocycles. The zero-order valence-corrected chi connectivity index (χ0v) is 15.5. The van der Waals surface area contributed by atoms with Gasteiger partial charge in [0.2, 0.25) is 0 Å². The lowest BCUT2D eigenvalue weighted by Crippen LogP contribution is -2.37. The summed E-state index contributed by atoms with van der Waals surface area (Å²) < 4.78 is 0. The predicted molar refractivity (Wildman–Crippen MR) is 98.5 cm³/mol. The Morgan fingerprint density at radius 1 is 1.38 bits per heavy atom. The number of rotatable bonds is 6. The Bertz CT molecular complexity index is 544. The number of hydrogen-bond acceptors (Lipinski definition) is 2. The molecular formula is C20H32N2O2. The Morgan fingerprint density at radius 3 is 2.75 bits per heavy atom. The van der Waals surface area contributed by atoms with Crippen molar-refractivity contribution in [3.63, 3.8) is 0 Å². The zero-order valence-electron chi connectivity index (χ0n) is 15.5. The van der Waals surface area contributed by atoms with E-state index in [-0.39, 0.29) is 6.04 Å². The van der Waals surface area contributed by atoms with Gasteiger partial charge in [-0.05, 0) is 62.7 Å². The largest absolute Gasteiger partial charge is 0.465 e. The highest BCUT2D eigenvalue weighted by molar-refractivity contribution is 5.66. The van der Waals surface area contributed by atoms with Crippen molar-refractivity contribution in [1.82, 2.24) is 9.80 Å². The first-order valence-electron chi connectivity index (χ1n) is 9.18. The molecule has 0 aromatic heterocycles. The third kappa shape index (κ3) is 4.50. The molecule has 1 heterocycles. The van der Waals surface area contributed by atoms with E-state index in [1.54, 1.807) is 4.90 Å². The Morgan fingerprint density at radius 2 is 2.12 bits per heavy atom. The molecule has 2 rings (SSSR count). The van der Waals surface area contributed by atoms with Gasteiger partial charge >= 0.3 is 6.09 Å². The van der Waals surface area contributed by atoms with Gasteiger partial charge in [-0.25, -0.2) is 4.79 Å². The maximum absolute atomic E-state index is 11.6. The summed E-state index contributed by atoms with van der Waals surface area (Å²) in [6, 6.07) is 8.67. The van der Waals surface area contributed by atoms with Crippen LogP contribution in [0.25, 0.3) is 0 Å². The van der Waals surface area contributed by atoms with Crippen LogP contribution < -0.4 is 0 Å². The molecule has 4 heteroatoms. The molecule has 0 spiro atoms. The number of amides is 1. The number of nitrogens with zero attached hydrogens (tertiary/aromatic N) is 2. The van der Waals surface area contributed by atoms with Gasteiger partial charge in [0.15, 0.2) is 0 Å². The number of benzene rings is 1. The molecule has 1 aliphatic heterocycles. The van der Waals surface area contributed by atoms with Crippen LogP contribution in [0.3, 0.4) is 0 Å². The van der Waals surface area contributed by atoms with Crippen molar-refractivity contribution in [3.05, 3.63) is 35.4 Å². The highest BCUT2D eigenvalue weighted by Crippen LogP contribution is 2.34. The van der Waals surface area contributed by atoms with Crippen LogP contribution in [-0.2, 0) is 0 Å². The molecule has 4 nitrogen and oxygen atoms in total. The molecule has 1 N–H and O–H groups in total. The first kappa shape index (κ1) is 18.8. The molecule has 1 aliphatic rings. The summed E-state index contributed by atoms with van der Waals surface area (Å²) >= 11 is 0. The van der Waals surface area contributed by atoms with E-state index in [0.29, 0.717) is 18.4 Å². The minimum Gasteiger partial charge on any atom is -0.465 e. The summed E-state index contributed by atoms with van der Waals surface area (Å²) in [4.78, 5) is 15.4. The minimum absolute atomic E-state index is 0.0119. The maximum Gasteiger partial charge on any atom is 0.407 e. The summed E-state index contributed by atoms with van der Waals surface area (Å²) in [6.45, 7) is 6.27. The number of carbonyl (C=O) groups is 1. The van der Waals surface area contributed by atoms with Crippen LogP contribution >= 0.6 is 0 Å². The average Bonchev–Trinajstić information content (AvgIpc) is 2.55. The fourth-order valence-corrected chi connectivity index (χ4v) is 4.17. The molecule has 24 heavy (non-hydrogen) atoms. The first-order chi connectivity index (χ1) is 11.4. The van der Waals surface area contributed by atoms with E-state index in [9.17, 15) is 9.90 Å². The second-order valence-electron chi connectivity index (χ2n) is 7.41. The van der Waals surface area contributed by atoms with Crippen molar-refractivity contribution in [2.45, 2.75) is 51.5 Å². The van der Waals surface area contributed by atoms with Crippen molar-refractivity contribution >= 4 is 6.09 Å². The second-order valence-corrected chi connectivity index (χ2v) is 7.41. The predicted octanol–water partition coefficient (Wildman–Crippen LogP) is 4.58. The number of hydrogen-bond donors (Lipinski definition) is 1. The van der Waals surface area contributed by atoms with Gasteiger partial charge in [-0.3, -0.25) is 0 Å². The molecule has 134 valence electrons. The van der Waals surface area contributed by atoms with Gasteiger partial charge in [0, 0.05) is 13.1 Å². The highest BCUT2D eigenvalue weighted by atomic mass is 16.4. The van der Waals surface area contributed by atoms with Crippen molar-refractivity contribution < 1.29 is 9.90 Å². The standard InChI is InChI=1S/C20H32N2O2/c1-5-18(15(2)14-21(3)4)16-9-8-10-17(13-16)19-11-6-7-12-22(19)20(23)24/h8-10,13,15,18-19H,5-7,11-12,14H2,1-4H3,(H,23,24)/t15-,18+,19?/m0/s1. The Labute approximate surface area is 146 Å². The fourth-order valence-electron chi connectivity index (χ4n) is 4.17. The van der Waals surface area contributed by atoms with Gasteiger partial charge in [0.05, 0.1) is 6.04 Å². The highest BCUT2D eigenvalue weighted by Gasteiger charge is 2.28. The van der Waals surface area contributed by atoms with Crippen LogP contribution in [0.4, 0.5) is 4.79 Å². The second kappa shape index (κ2) is 8.52. The van der Waals surface area contributed by atoms with Crippen molar-refractivity contribution in [2.24, 2.45) is 5.92 Å². The molecule has 3 atom stereocenters.